The molecule has 0 fully saturated rings. The first kappa shape index (κ1) is 19.8. The van der Waals surface area contributed by atoms with Crippen LogP contribution in [0, 0.1) is 0 Å². The van der Waals surface area contributed by atoms with Gasteiger partial charge in [-0.25, -0.2) is 0 Å². The van der Waals surface area contributed by atoms with Crippen molar-refractivity contribution in [2.24, 2.45) is 0 Å². The Morgan fingerprint density at radius 3 is 2.71 bits per heavy atom. The minimum atomic E-state index is -0.298. The van der Waals surface area contributed by atoms with Gasteiger partial charge in [0.15, 0.2) is 0 Å². The first-order valence-corrected chi connectivity index (χ1v) is 9.57. The Labute approximate surface area is 170 Å². The van der Waals surface area contributed by atoms with Crippen LogP contribution in [0.15, 0.2) is 48.5 Å². The van der Waals surface area contributed by atoms with Crippen LogP contribution in [0.25, 0.3) is 0 Å². The number of amides is 2. The number of ether oxygens (including phenoxy) is 1. The molecule has 0 spiro atoms. The predicted molar refractivity (Wildman–Crippen MR) is 108 cm³/mol. The summed E-state index contributed by atoms with van der Waals surface area (Å²) in [5.41, 5.74) is 0.885. The molecule has 1 heterocycles. The molecule has 0 aliphatic heterocycles. The minimum Gasteiger partial charge on any atom is -0.497 e. The third-order valence-electron chi connectivity index (χ3n) is 3.76. The van der Waals surface area contributed by atoms with Crippen molar-refractivity contribution in [3.8, 4) is 5.75 Å². The van der Waals surface area contributed by atoms with E-state index in [2.05, 4.69) is 20.8 Å². The van der Waals surface area contributed by atoms with Gasteiger partial charge in [0.25, 0.3) is 11.8 Å². The highest BCUT2D eigenvalue weighted by atomic mass is 35.5. The summed E-state index contributed by atoms with van der Waals surface area (Å²) in [6.45, 7) is 0.378. The summed E-state index contributed by atoms with van der Waals surface area (Å²) in [4.78, 5) is 24.4. The van der Waals surface area contributed by atoms with E-state index in [1.54, 1.807) is 55.6 Å². The fourth-order valence-electron chi connectivity index (χ4n) is 2.36. The van der Waals surface area contributed by atoms with Gasteiger partial charge >= 0.3 is 0 Å². The van der Waals surface area contributed by atoms with E-state index in [-0.39, 0.29) is 11.8 Å². The Balaban J connectivity index is 1.52. The smallest absolute Gasteiger partial charge is 0.257 e. The molecule has 1 aromatic heterocycles. The molecule has 2 amide bonds. The van der Waals surface area contributed by atoms with Crippen LogP contribution in [0.2, 0.25) is 5.02 Å². The lowest BCUT2D eigenvalue weighted by atomic mass is 10.2. The lowest BCUT2D eigenvalue weighted by Crippen LogP contribution is -2.25. The second kappa shape index (κ2) is 9.29. The number of nitrogens with zero attached hydrogens (tertiary/aromatic N) is 2. The molecule has 0 aliphatic rings. The summed E-state index contributed by atoms with van der Waals surface area (Å²) in [5.74, 6) is 0.0511. The number of halogens is 1. The van der Waals surface area contributed by atoms with Crippen LogP contribution in [0.4, 0.5) is 5.13 Å². The SMILES string of the molecule is COc1cccc(C(=O)Nc2nnc(CCNC(=O)c3ccccc3Cl)s2)c1. The Morgan fingerprint density at radius 2 is 1.93 bits per heavy atom. The van der Waals surface area contributed by atoms with Gasteiger partial charge in [-0.1, -0.05) is 41.1 Å². The number of hydrogen-bond acceptors (Lipinski definition) is 6. The van der Waals surface area contributed by atoms with Gasteiger partial charge in [-0.05, 0) is 30.3 Å². The Bertz CT molecular complexity index is 993. The van der Waals surface area contributed by atoms with Crippen molar-refractivity contribution < 1.29 is 14.3 Å². The van der Waals surface area contributed by atoms with E-state index in [9.17, 15) is 9.59 Å². The van der Waals surface area contributed by atoms with E-state index in [1.807, 2.05) is 0 Å². The first-order chi connectivity index (χ1) is 13.6. The van der Waals surface area contributed by atoms with Gasteiger partial charge in [0, 0.05) is 18.5 Å². The van der Waals surface area contributed by atoms with Gasteiger partial charge in [0.05, 0.1) is 17.7 Å². The Kier molecular flexibility index (Phi) is 6.57. The van der Waals surface area contributed by atoms with Gasteiger partial charge < -0.3 is 10.1 Å². The fourth-order valence-corrected chi connectivity index (χ4v) is 3.32. The second-order valence-corrected chi connectivity index (χ2v) is 7.14. The molecule has 0 radical (unpaired) electrons. The average molecular weight is 417 g/mol. The minimum absolute atomic E-state index is 0.248. The number of hydrogen-bond donors (Lipinski definition) is 2. The van der Waals surface area contributed by atoms with Crippen LogP contribution in [0.1, 0.15) is 25.7 Å². The lowest BCUT2D eigenvalue weighted by Gasteiger charge is -2.05. The Hall–Kier alpha value is -2.97. The van der Waals surface area contributed by atoms with Gasteiger partial charge in [-0.3, -0.25) is 14.9 Å². The molecular weight excluding hydrogens is 400 g/mol. The molecule has 0 saturated heterocycles. The number of carbonyl (C=O) groups is 2. The molecule has 0 saturated carbocycles. The van der Waals surface area contributed by atoms with Gasteiger partial charge in [-0.15, -0.1) is 10.2 Å². The third kappa shape index (κ3) is 5.05. The second-order valence-electron chi connectivity index (χ2n) is 5.67. The standard InChI is InChI=1S/C19H17ClN4O3S/c1-27-13-6-4-5-12(11-13)17(25)22-19-24-23-16(28-19)9-10-21-18(26)14-7-2-3-8-15(14)20/h2-8,11H,9-10H2,1H3,(H,21,26)(H,22,24,25). The van der Waals surface area contributed by atoms with Crippen LogP contribution < -0.4 is 15.4 Å². The zero-order valence-electron chi connectivity index (χ0n) is 14.9. The third-order valence-corrected chi connectivity index (χ3v) is 4.99. The van der Waals surface area contributed by atoms with E-state index in [4.69, 9.17) is 16.3 Å². The van der Waals surface area contributed by atoms with Crippen molar-refractivity contribution in [1.82, 2.24) is 15.5 Å². The van der Waals surface area contributed by atoms with E-state index in [0.717, 1.165) is 0 Å². The van der Waals surface area contributed by atoms with Crippen LogP contribution >= 0.6 is 22.9 Å². The number of anilines is 1. The van der Waals surface area contributed by atoms with Gasteiger partial charge in [0.2, 0.25) is 5.13 Å². The topological polar surface area (TPSA) is 93.2 Å². The average Bonchev–Trinajstić information content (AvgIpc) is 3.15. The van der Waals surface area contributed by atoms with E-state index in [0.29, 0.717) is 45.0 Å². The number of methoxy groups -OCH3 is 1. The van der Waals surface area contributed by atoms with Crippen molar-refractivity contribution >= 4 is 39.9 Å². The molecule has 3 rings (SSSR count). The summed E-state index contributed by atoms with van der Waals surface area (Å²) in [6, 6.07) is 13.7. The monoisotopic (exact) mass is 416 g/mol. The zero-order valence-corrected chi connectivity index (χ0v) is 16.5. The number of benzene rings is 2. The highest BCUT2D eigenvalue weighted by Gasteiger charge is 2.12. The number of carbonyl (C=O) groups excluding carboxylic acids is 2. The highest BCUT2D eigenvalue weighted by molar-refractivity contribution is 7.15. The van der Waals surface area contributed by atoms with Crippen LogP contribution in [-0.2, 0) is 6.42 Å². The lowest BCUT2D eigenvalue weighted by molar-refractivity contribution is 0.0953. The molecular formula is C19H17ClN4O3S. The molecule has 2 N–H and O–H groups in total. The number of rotatable bonds is 7. The summed E-state index contributed by atoms with van der Waals surface area (Å²) in [7, 11) is 1.54. The van der Waals surface area contributed by atoms with E-state index < -0.39 is 0 Å². The Morgan fingerprint density at radius 1 is 1.11 bits per heavy atom. The molecule has 0 atom stereocenters. The first-order valence-electron chi connectivity index (χ1n) is 8.37. The number of nitrogens with one attached hydrogen (secondary N) is 2. The highest BCUT2D eigenvalue weighted by Crippen LogP contribution is 2.19. The molecule has 144 valence electrons. The van der Waals surface area contributed by atoms with E-state index >= 15 is 0 Å². The molecule has 2 aromatic carbocycles. The van der Waals surface area contributed by atoms with Crippen LogP contribution in [0.5, 0.6) is 5.75 Å². The van der Waals surface area contributed by atoms with Gasteiger partial charge in [-0.2, -0.15) is 0 Å². The quantitative estimate of drug-likeness (QED) is 0.615. The molecule has 3 aromatic rings. The molecule has 0 bridgehead atoms. The van der Waals surface area contributed by atoms with Crippen molar-refractivity contribution in [3.05, 3.63) is 69.7 Å². The van der Waals surface area contributed by atoms with Crippen molar-refractivity contribution in [3.63, 3.8) is 0 Å². The zero-order chi connectivity index (χ0) is 19.9. The predicted octanol–water partition coefficient (Wildman–Crippen LogP) is 3.42. The maximum absolute atomic E-state index is 12.3. The molecule has 0 unspecified atom stereocenters. The molecule has 9 heteroatoms. The summed E-state index contributed by atoms with van der Waals surface area (Å²) >= 11 is 7.26. The maximum Gasteiger partial charge on any atom is 0.257 e. The van der Waals surface area contributed by atoms with Crippen molar-refractivity contribution in [1.29, 1.82) is 0 Å². The van der Waals surface area contributed by atoms with Crippen LogP contribution in [-0.4, -0.2) is 35.7 Å². The van der Waals surface area contributed by atoms with Crippen LogP contribution in [0.3, 0.4) is 0 Å². The molecule has 7 nitrogen and oxygen atoms in total. The number of aromatic nitrogens is 2. The normalized spacial score (nSPS) is 10.4. The fraction of sp³-hybridized carbons (Fsp3) is 0.158. The largest absolute Gasteiger partial charge is 0.497 e. The molecule has 28 heavy (non-hydrogen) atoms. The maximum atomic E-state index is 12.3. The molecule has 0 aliphatic carbocycles. The van der Waals surface area contributed by atoms with Crippen molar-refractivity contribution in [2.75, 3.05) is 19.0 Å². The summed E-state index contributed by atoms with van der Waals surface area (Å²) in [6.07, 6.45) is 0.489. The summed E-state index contributed by atoms with van der Waals surface area (Å²) < 4.78 is 5.11. The van der Waals surface area contributed by atoms with Crippen molar-refractivity contribution in [2.45, 2.75) is 6.42 Å². The van der Waals surface area contributed by atoms with E-state index in [1.165, 1.54) is 11.3 Å². The summed E-state index contributed by atoms with van der Waals surface area (Å²) in [5, 5.41) is 15.0. The van der Waals surface area contributed by atoms with Gasteiger partial charge in [0.1, 0.15) is 10.8 Å².